The van der Waals surface area contributed by atoms with Crippen LogP contribution < -0.4 is 0 Å². The fourth-order valence-corrected chi connectivity index (χ4v) is 1.01. The van der Waals surface area contributed by atoms with Gasteiger partial charge >= 0.3 is 0 Å². The smallest absolute Gasteiger partial charge is 0.160 e. The molecule has 0 bridgehead atoms. The number of carbonyl (C=O) groups is 1. The van der Waals surface area contributed by atoms with Gasteiger partial charge < -0.3 is 0 Å². The summed E-state index contributed by atoms with van der Waals surface area (Å²) in [7, 11) is 0. The molecule has 0 aromatic carbocycles. The van der Waals surface area contributed by atoms with Crippen molar-refractivity contribution >= 4 is 5.78 Å². The van der Waals surface area contributed by atoms with Crippen LogP contribution in [-0.2, 0) is 4.79 Å². The molecule has 0 saturated carbocycles. The summed E-state index contributed by atoms with van der Waals surface area (Å²) in [4.78, 5) is 15.4. The minimum absolute atomic E-state index is 0.384. The molecule has 0 aromatic heterocycles. The lowest BCUT2D eigenvalue weighted by Gasteiger charge is -1.99. The van der Waals surface area contributed by atoms with E-state index in [4.69, 9.17) is 0 Å². The first-order chi connectivity index (χ1) is 4.84. The summed E-state index contributed by atoms with van der Waals surface area (Å²) in [5.74, 6) is 0.384. The van der Waals surface area contributed by atoms with Gasteiger partial charge in [0, 0.05) is 26.2 Å². The highest BCUT2D eigenvalue weighted by Gasteiger charge is 2.24. The number of hydrogen-bond donors (Lipinski definition) is 0. The van der Waals surface area contributed by atoms with Crippen LogP contribution in [0.15, 0.2) is 0 Å². The van der Waals surface area contributed by atoms with Gasteiger partial charge in [-0.15, -0.1) is 0 Å². The number of ketones is 1. The van der Waals surface area contributed by atoms with Gasteiger partial charge in [-0.1, -0.05) is 0 Å². The number of Topliss-reactive ketones (excluding diaryl/α,β-unsaturated/α-hetero) is 1. The number of nitrogens with zero attached hydrogens (tertiary/aromatic N) is 2. The molecule has 0 aromatic rings. The normalized spacial score (nSPS) is 24.8. The topological polar surface area (TPSA) is 23.1 Å². The van der Waals surface area contributed by atoms with Gasteiger partial charge in [-0.3, -0.25) is 14.6 Å². The Morgan fingerprint density at radius 2 is 1.40 bits per heavy atom. The van der Waals surface area contributed by atoms with Crippen LogP contribution in [0, 0.1) is 0 Å². The predicted molar refractivity (Wildman–Crippen MR) is 37.9 cm³/mol. The Hall–Kier alpha value is -0.410. The van der Waals surface area contributed by atoms with E-state index in [1.807, 2.05) is 0 Å². The number of hydrogen-bond acceptors (Lipinski definition) is 3. The zero-order valence-electron chi connectivity index (χ0n) is 6.05. The Kier molecular flexibility index (Phi) is 1.47. The van der Waals surface area contributed by atoms with E-state index in [9.17, 15) is 4.79 Å². The summed E-state index contributed by atoms with van der Waals surface area (Å²) in [6.45, 7) is 5.90. The molecule has 3 heteroatoms. The van der Waals surface area contributed by atoms with E-state index < -0.39 is 0 Å². The second kappa shape index (κ2) is 2.32. The van der Waals surface area contributed by atoms with Crippen molar-refractivity contribution < 1.29 is 4.79 Å². The van der Waals surface area contributed by atoms with Crippen molar-refractivity contribution in [3.63, 3.8) is 0 Å². The molecule has 0 amide bonds. The van der Waals surface area contributed by atoms with E-state index in [0.717, 1.165) is 26.2 Å². The summed E-state index contributed by atoms with van der Waals surface area (Å²) in [6, 6.07) is 0. The molecule has 2 heterocycles. The summed E-state index contributed by atoms with van der Waals surface area (Å²) < 4.78 is 0. The quantitative estimate of drug-likeness (QED) is 0.477. The van der Waals surface area contributed by atoms with Crippen molar-refractivity contribution in [1.29, 1.82) is 0 Å². The van der Waals surface area contributed by atoms with Crippen molar-refractivity contribution in [1.82, 2.24) is 9.80 Å². The third-order valence-corrected chi connectivity index (χ3v) is 1.88. The van der Waals surface area contributed by atoms with Gasteiger partial charge in [0.05, 0.1) is 13.1 Å². The van der Waals surface area contributed by atoms with E-state index in [1.165, 1.54) is 0 Å². The summed E-state index contributed by atoms with van der Waals surface area (Å²) in [6.07, 6.45) is 0. The number of carbonyl (C=O) groups excluding carboxylic acids is 1. The van der Waals surface area contributed by atoms with Gasteiger partial charge in [0.1, 0.15) is 0 Å². The van der Waals surface area contributed by atoms with Crippen LogP contribution in [0.2, 0.25) is 0 Å². The Morgan fingerprint density at radius 1 is 1.00 bits per heavy atom. The summed E-state index contributed by atoms with van der Waals surface area (Å²) in [5, 5.41) is 0. The van der Waals surface area contributed by atoms with Gasteiger partial charge in [0.2, 0.25) is 0 Å². The Bertz CT molecular complexity index is 134. The maximum atomic E-state index is 11.1. The molecular weight excluding hydrogens is 128 g/mol. The molecule has 2 rings (SSSR count). The van der Waals surface area contributed by atoms with Gasteiger partial charge in [-0.2, -0.15) is 0 Å². The first-order valence-corrected chi connectivity index (χ1v) is 3.81. The lowest BCUT2D eigenvalue weighted by atomic mass is 10.4. The van der Waals surface area contributed by atoms with Gasteiger partial charge in [0.15, 0.2) is 5.78 Å². The predicted octanol–water partition coefficient (Wildman–Crippen LogP) is -0.813. The van der Waals surface area contributed by atoms with Crippen LogP contribution >= 0.6 is 0 Å². The van der Waals surface area contributed by atoms with Crippen LogP contribution in [0.1, 0.15) is 0 Å². The van der Waals surface area contributed by atoms with Crippen LogP contribution in [0.3, 0.4) is 0 Å². The maximum absolute atomic E-state index is 11.1. The van der Waals surface area contributed by atoms with Crippen molar-refractivity contribution in [2.24, 2.45) is 0 Å². The van der Waals surface area contributed by atoms with Crippen LogP contribution in [0.25, 0.3) is 0 Å². The monoisotopic (exact) mass is 140 g/mol. The third-order valence-electron chi connectivity index (χ3n) is 1.88. The molecule has 2 aliphatic heterocycles. The van der Waals surface area contributed by atoms with Crippen molar-refractivity contribution in [3.05, 3.63) is 0 Å². The molecule has 0 atom stereocenters. The molecule has 0 N–H and O–H groups in total. The lowest BCUT2D eigenvalue weighted by molar-refractivity contribution is -0.119. The highest BCUT2D eigenvalue weighted by atomic mass is 16.1. The SMILES string of the molecule is O=C(CN1CC1)CN1CC1. The maximum Gasteiger partial charge on any atom is 0.160 e. The Balaban J connectivity index is 1.64. The molecule has 0 spiro atoms. The average molecular weight is 140 g/mol. The minimum Gasteiger partial charge on any atom is -0.297 e. The molecule has 3 nitrogen and oxygen atoms in total. The largest absolute Gasteiger partial charge is 0.297 e. The highest BCUT2D eigenvalue weighted by Crippen LogP contribution is 2.05. The molecule has 56 valence electrons. The van der Waals surface area contributed by atoms with E-state index in [2.05, 4.69) is 9.80 Å². The van der Waals surface area contributed by atoms with E-state index >= 15 is 0 Å². The van der Waals surface area contributed by atoms with E-state index in [-0.39, 0.29) is 0 Å². The molecular formula is C7H12N2O. The van der Waals surface area contributed by atoms with E-state index in [1.54, 1.807) is 0 Å². The zero-order valence-corrected chi connectivity index (χ0v) is 6.05. The Labute approximate surface area is 60.6 Å². The van der Waals surface area contributed by atoms with E-state index in [0.29, 0.717) is 18.9 Å². The standard InChI is InChI=1S/C7H12N2O/c10-7(5-8-1-2-8)6-9-3-4-9/h1-6H2. The van der Waals surface area contributed by atoms with Crippen LogP contribution in [-0.4, -0.2) is 54.9 Å². The van der Waals surface area contributed by atoms with Gasteiger partial charge in [0.25, 0.3) is 0 Å². The molecule has 10 heavy (non-hydrogen) atoms. The first-order valence-electron chi connectivity index (χ1n) is 3.81. The fraction of sp³-hybridized carbons (Fsp3) is 0.857. The second-order valence-electron chi connectivity index (χ2n) is 3.09. The Morgan fingerprint density at radius 3 is 1.70 bits per heavy atom. The van der Waals surface area contributed by atoms with Gasteiger partial charge in [-0.25, -0.2) is 0 Å². The highest BCUT2D eigenvalue weighted by molar-refractivity contribution is 5.82. The summed E-state index contributed by atoms with van der Waals surface area (Å²) in [5.41, 5.74) is 0. The fourth-order valence-electron chi connectivity index (χ4n) is 1.01. The van der Waals surface area contributed by atoms with Crippen LogP contribution in [0.5, 0.6) is 0 Å². The molecule has 2 fully saturated rings. The van der Waals surface area contributed by atoms with Crippen molar-refractivity contribution in [2.75, 3.05) is 39.3 Å². The zero-order chi connectivity index (χ0) is 6.97. The number of rotatable bonds is 4. The van der Waals surface area contributed by atoms with Gasteiger partial charge in [-0.05, 0) is 0 Å². The molecule has 2 aliphatic rings. The molecule has 0 aliphatic carbocycles. The van der Waals surface area contributed by atoms with Crippen LogP contribution in [0.4, 0.5) is 0 Å². The molecule has 2 saturated heterocycles. The lowest BCUT2D eigenvalue weighted by Crippen LogP contribution is -2.21. The third kappa shape index (κ3) is 1.78. The average Bonchev–Trinajstić information content (AvgIpc) is 2.59. The summed E-state index contributed by atoms with van der Waals surface area (Å²) >= 11 is 0. The molecule has 0 unspecified atom stereocenters. The minimum atomic E-state index is 0.384. The van der Waals surface area contributed by atoms with Crippen molar-refractivity contribution in [2.45, 2.75) is 0 Å². The molecule has 0 radical (unpaired) electrons. The first kappa shape index (κ1) is 6.31. The van der Waals surface area contributed by atoms with Crippen molar-refractivity contribution in [3.8, 4) is 0 Å². The second-order valence-corrected chi connectivity index (χ2v) is 3.09.